The Hall–Kier alpha value is -2.29. The first-order chi connectivity index (χ1) is 10.1. The van der Waals surface area contributed by atoms with Crippen molar-refractivity contribution < 1.29 is 9.53 Å². The molecule has 0 amide bonds. The number of nitrogens with one attached hydrogen (secondary N) is 1. The quantitative estimate of drug-likeness (QED) is 0.851. The van der Waals surface area contributed by atoms with Gasteiger partial charge in [0.2, 0.25) is 0 Å². The zero-order chi connectivity index (χ0) is 15.2. The molecule has 1 atom stereocenters. The summed E-state index contributed by atoms with van der Waals surface area (Å²) in [5, 5.41) is 3.37. The third-order valence-electron chi connectivity index (χ3n) is 3.58. The molecule has 0 aliphatic rings. The van der Waals surface area contributed by atoms with Crippen molar-refractivity contribution in [2.45, 2.75) is 19.8 Å². The van der Waals surface area contributed by atoms with E-state index in [1.165, 1.54) is 12.7 Å². The molecule has 21 heavy (non-hydrogen) atoms. The van der Waals surface area contributed by atoms with Gasteiger partial charge in [-0.1, -0.05) is 42.5 Å². The van der Waals surface area contributed by atoms with Crippen LogP contribution in [0.2, 0.25) is 0 Å². The molecular weight excluding hydrogens is 262 g/mol. The first-order valence-corrected chi connectivity index (χ1v) is 7.05. The average Bonchev–Trinajstić information content (AvgIpc) is 2.51. The van der Waals surface area contributed by atoms with Crippen LogP contribution >= 0.6 is 0 Å². The maximum atomic E-state index is 12.0. The molecule has 0 saturated heterocycles. The lowest BCUT2D eigenvalue weighted by molar-refractivity contribution is -0.142. The number of rotatable bonds is 5. The summed E-state index contributed by atoms with van der Waals surface area (Å²) in [6, 6.07) is 16.0. The summed E-state index contributed by atoms with van der Waals surface area (Å²) >= 11 is 0. The van der Waals surface area contributed by atoms with Gasteiger partial charge in [-0.05, 0) is 36.6 Å². The second-order valence-corrected chi connectivity index (χ2v) is 5.19. The van der Waals surface area contributed by atoms with Crippen LogP contribution in [0.25, 0.3) is 0 Å². The van der Waals surface area contributed by atoms with Crippen molar-refractivity contribution in [2.75, 3.05) is 19.0 Å². The molecule has 3 nitrogen and oxygen atoms in total. The number of methoxy groups -OCH3 is 1. The van der Waals surface area contributed by atoms with Crippen LogP contribution < -0.4 is 5.32 Å². The fourth-order valence-electron chi connectivity index (χ4n) is 2.30. The third-order valence-corrected chi connectivity index (χ3v) is 3.58. The van der Waals surface area contributed by atoms with Crippen LogP contribution in [0, 0.1) is 13.8 Å². The molecule has 2 rings (SSSR count). The predicted octanol–water partition coefficient (Wildman–Crippen LogP) is 3.67. The zero-order valence-corrected chi connectivity index (χ0v) is 12.7. The molecule has 1 unspecified atom stereocenters. The van der Waals surface area contributed by atoms with Crippen molar-refractivity contribution in [1.82, 2.24) is 0 Å². The highest BCUT2D eigenvalue weighted by molar-refractivity contribution is 5.79. The molecule has 2 aromatic rings. The van der Waals surface area contributed by atoms with E-state index >= 15 is 0 Å². The van der Waals surface area contributed by atoms with E-state index in [1.807, 2.05) is 30.3 Å². The first kappa shape index (κ1) is 15.1. The number of benzene rings is 2. The van der Waals surface area contributed by atoms with E-state index in [1.54, 1.807) is 0 Å². The molecule has 0 bridgehead atoms. The lowest BCUT2D eigenvalue weighted by Crippen LogP contribution is -2.22. The number of esters is 1. The van der Waals surface area contributed by atoms with E-state index < -0.39 is 0 Å². The molecule has 0 aliphatic heterocycles. The van der Waals surface area contributed by atoms with Gasteiger partial charge in [-0.15, -0.1) is 0 Å². The average molecular weight is 283 g/mol. The van der Waals surface area contributed by atoms with Crippen molar-refractivity contribution in [3.05, 3.63) is 65.2 Å². The monoisotopic (exact) mass is 283 g/mol. The first-order valence-electron chi connectivity index (χ1n) is 7.05. The van der Waals surface area contributed by atoms with Gasteiger partial charge in [0.25, 0.3) is 0 Å². The second kappa shape index (κ2) is 6.93. The highest BCUT2D eigenvalue weighted by Crippen LogP contribution is 2.21. The maximum Gasteiger partial charge on any atom is 0.314 e. The molecule has 0 fully saturated rings. The van der Waals surface area contributed by atoms with Gasteiger partial charge in [0, 0.05) is 12.2 Å². The standard InChI is InChI=1S/C18H21NO2/c1-13-9-10-14(2)17(11-13)19-12-16(18(20)21-3)15-7-5-4-6-8-15/h4-11,16,19H,12H2,1-3H3. The Morgan fingerprint density at radius 2 is 1.86 bits per heavy atom. The number of ether oxygens (including phenoxy) is 1. The predicted molar refractivity (Wildman–Crippen MR) is 85.6 cm³/mol. The summed E-state index contributed by atoms with van der Waals surface area (Å²) in [6.07, 6.45) is 0. The van der Waals surface area contributed by atoms with Crippen molar-refractivity contribution in [1.29, 1.82) is 0 Å². The van der Waals surface area contributed by atoms with Gasteiger partial charge >= 0.3 is 5.97 Å². The summed E-state index contributed by atoms with van der Waals surface area (Å²) in [5.74, 6) is -0.532. The van der Waals surface area contributed by atoms with Gasteiger partial charge in [0.1, 0.15) is 0 Å². The minimum Gasteiger partial charge on any atom is -0.468 e. The summed E-state index contributed by atoms with van der Waals surface area (Å²) in [4.78, 5) is 12.0. The molecule has 2 aromatic carbocycles. The Bertz CT molecular complexity index is 608. The SMILES string of the molecule is COC(=O)C(CNc1cc(C)ccc1C)c1ccccc1. The third kappa shape index (κ3) is 3.85. The van der Waals surface area contributed by atoms with Crippen LogP contribution in [-0.2, 0) is 9.53 Å². The zero-order valence-electron chi connectivity index (χ0n) is 12.7. The van der Waals surface area contributed by atoms with E-state index in [0.717, 1.165) is 16.8 Å². The maximum absolute atomic E-state index is 12.0. The Morgan fingerprint density at radius 3 is 2.52 bits per heavy atom. The largest absolute Gasteiger partial charge is 0.468 e. The van der Waals surface area contributed by atoms with Crippen LogP contribution in [-0.4, -0.2) is 19.6 Å². The minimum absolute atomic E-state index is 0.223. The Labute approximate surface area is 126 Å². The van der Waals surface area contributed by atoms with Gasteiger partial charge in [-0.25, -0.2) is 0 Å². The Morgan fingerprint density at radius 1 is 1.14 bits per heavy atom. The number of anilines is 1. The van der Waals surface area contributed by atoms with Crippen LogP contribution in [0.5, 0.6) is 0 Å². The molecule has 0 spiro atoms. The Kier molecular flexibility index (Phi) is 4.99. The molecule has 0 heterocycles. The number of hydrogen-bond acceptors (Lipinski definition) is 3. The van der Waals surface area contributed by atoms with E-state index in [-0.39, 0.29) is 11.9 Å². The highest BCUT2D eigenvalue weighted by atomic mass is 16.5. The topological polar surface area (TPSA) is 38.3 Å². The van der Waals surface area contributed by atoms with Gasteiger partial charge < -0.3 is 10.1 Å². The van der Waals surface area contributed by atoms with Gasteiger partial charge in [-0.2, -0.15) is 0 Å². The molecule has 3 heteroatoms. The van der Waals surface area contributed by atoms with Crippen LogP contribution in [0.3, 0.4) is 0 Å². The van der Waals surface area contributed by atoms with Crippen molar-refractivity contribution in [2.24, 2.45) is 0 Å². The number of carbonyl (C=O) groups excluding carboxylic acids is 1. The number of hydrogen-bond donors (Lipinski definition) is 1. The molecule has 0 aliphatic carbocycles. The molecule has 110 valence electrons. The van der Waals surface area contributed by atoms with E-state index in [4.69, 9.17) is 4.74 Å². The smallest absolute Gasteiger partial charge is 0.314 e. The van der Waals surface area contributed by atoms with E-state index in [2.05, 4.69) is 37.4 Å². The molecule has 0 aromatic heterocycles. The van der Waals surface area contributed by atoms with Gasteiger partial charge in [-0.3, -0.25) is 4.79 Å². The van der Waals surface area contributed by atoms with Crippen LogP contribution in [0.15, 0.2) is 48.5 Å². The van der Waals surface area contributed by atoms with Gasteiger partial charge in [0.15, 0.2) is 0 Å². The summed E-state index contributed by atoms with van der Waals surface area (Å²) < 4.78 is 4.93. The number of aryl methyl sites for hydroxylation is 2. The lowest BCUT2D eigenvalue weighted by Gasteiger charge is -2.18. The summed E-state index contributed by atoms with van der Waals surface area (Å²) in [7, 11) is 1.43. The highest BCUT2D eigenvalue weighted by Gasteiger charge is 2.21. The Balaban J connectivity index is 2.16. The fourth-order valence-corrected chi connectivity index (χ4v) is 2.30. The van der Waals surface area contributed by atoms with E-state index in [0.29, 0.717) is 6.54 Å². The summed E-state index contributed by atoms with van der Waals surface area (Å²) in [5.41, 5.74) is 4.37. The van der Waals surface area contributed by atoms with Crippen molar-refractivity contribution >= 4 is 11.7 Å². The minimum atomic E-state index is -0.309. The van der Waals surface area contributed by atoms with Gasteiger partial charge in [0.05, 0.1) is 13.0 Å². The molecule has 0 saturated carbocycles. The van der Waals surface area contributed by atoms with Crippen molar-refractivity contribution in [3.63, 3.8) is 0 Å². The second-order valence-electron chi connectivity index (χ2n) is 5.19. The fraction of sp³-hybridized carbons (Fsp3) is 0.278. The summed E-state index contributed by atoms with van der Waals surface area (Å²) in [6.45, 7) is 4.62. The van der Waals surface area contributed by atoms with Crippen LogP contribution in [0.4, 0.5) is 5.69 Å². The molecule has 1 N–H and O–H groups in total. The van der Waals surface area contributed by atoms with Crippen molar-refractivity contribution in [3.8, 4) is 0 Å². The lowest BCUT2D eigenvalue weighted by atomic mass is 9.99. The molecule has 0 radical (unpaired) electrons. The van der Waals surface area contributed by atoms with Crippen LogP contribution in [0.1, 0.15) is 22.6 Å². The molecular formula is C18H21NO2. The normalized spacial score (nSPS) is 11.8. The van der Waals surface area contributed by atoms with E-state index in [9.17, 15) is 4.79 Å². The number of carbonyl (C=O) groups is 1.